The highest BCUT2D eigenvalue weighted by atomic mass is 16.6. The second kappa shape index (κ2) is 9.14. The normalized spacial score (nSPS) is 15.2. The minimum atomic E-state index is -0.745. The molecule has 0 bridgehead atoms. The highest BCUT2D eigenvalue weighted by molar-refractivity contribution is 6.02. The Labute approximate surface area is 151 Å². The van der Waals surface area contributed by atoms with Crippen molar-refractivity contribution in [3.63, 3.8) is 0 Å². The van der Waals surface area contributed by atoms with Crippen LogP contribution in [0.25, 0.3) is 0 Å². The fourth-order valence-corrected chi connectivity index (χ4v) is 2.64. The van der Waals surface area contributed by atoms with E-state index in [-0.39, 0.29) is 17.2 Å². The van der Waals surface area contributed by atoms with Crippen LogP contribution in [0.3, 0.4) is 0 Å². The fraction of sp³-hybridized carbons (Fsp3) is 0.529. The predicted molar refractivity (Wildman–Crippen MR) is 96.4 cm³/mol. The number of hydrogen-bond acceptors (Lipinski definition) is 6. The van der Waals surface area contributed by atoms with Crippen LogP contribution < -0.4 is 15.5 Å². The van der Waals surface area contributed by atoms with Crippen LogP contribution in [0, 0.1) is 10.1 Å². The molecule has 1 aliphatic heterocycles. The van der Waals surface area contributed by atoms with Gasteiger partial charge in [0.2, 0.25) is 5.91 Å². The molecule has 0 aliphatic carbocycles. The molecule has 1 aromatic rings. The molecule has 9 heteroatoms. The Bertz CT molecular complexity index is 673. The van der Waals surface area contributed by atoms with E-state index in [9.17, 15) is 19.7 Å². The molecular weight excluding hydrogens is 340 g/mol. The van der Waals surface area contributed by atoms with Crippen LogP contribution in [-0.2, 0) is 9.53 Å². The van der Waals surface area contributed by atoms with Crippen molar-refractivity contribution in [2.24, 2.45) is 0 Å². The summed E-state index contributed by atoms with van der Waals surface area (Å²) in [5.74, 6) is -0.812. The van der Waals surface area contributed by atoms with Crippen LogP contribution in [0.2, 0.25) is 0 Å². The first kappa shape index (κ1) is 19.6. The third kappa shape index (κ3) is 4.92. The van der Waals surface area contributed by atoms with Crippen molar-refractivity contribution in [3.05, 3.63) is 33.9 Å². The highest BCUT2D eigenvalue weighted by Gasteiger charge is 2.24. The first-order valence-corrected chi connectivity index (χ1v) is 8.63. The van der Waals surface area contributed by atoms with Gasteiger partial charge in [-0.05, 0) is 19.4 Å². The van der Waals surface area contributed by atoms with Crippen LogP contribution >= 0.6 is 0 Å². The number of morpholine rings is 1. The molecule has 0 aromatic heterocycles. The van der Waals surface area contributed by atoms with Gasteiger partial charge in [-0.15, -0.1) is 0 Å². The molecule has 0 saturated carbocycles. The fourth-order valence-electron chi connectivity index (χ4n) is 2.64. The Morgan fingerprint density at radius 2 is 2.04 bits per heavy atom. The third-order valence-electron chi connectivity index (χ3n) is 4.08. The van der Waals surface area contributed by atoms with Gasteiger partial charge in [0.15, 0.2) is 0 Å². The monoisotopic (exact) mass is 364 g/mol. The molecule has 1 saturated heterocycles. The van der Waals surface area contributed by atoms with E-state index in [0.717, 1.165) is 6.42 Å². The van der Waals surface area contributed by atoms with E-state index in [4.69, 9.17) is 4.74 Å². The number of anilines is 1. The zero-order valence-corrected chi connectivity index (χ0v) is 15.0. The Balaban J connectivity index is 2.23. The van der Waals surface area contributed by atoms with Gasteiger partial charge in [0.25, 0.3) is 11.6 Å². The Morgan fingerprint density at radius 3 is 2.65 bits per heavy atom. The number of hydrogen-bond donors (Lipinski definition) is 2. The van der Waals surface area contributed by atoms with Crippen molar-refractivity contribution in [1.29, 1.82) is 0 Å². The van der Waals surface area contributed by atoms with Crippen LogP contribution in [-0.4, -0.2) is 55.6 Å². The SMILES string of the molecule is CCCNC(=O)[C@H](C)NC(=O)c1cc([N+](=O)[O-])ccc1N1CCOCC1. The van der Waals surface area contributed by atoms with Gasteiger partial charge in [0.05, 0.1) is 29.4 Å². The van der Waals surface area contributed by atoms with Gasteiger partial charge in [-0.3, -0.25) is 19.7 Å². The zero-order chi connectivity index (χ0) is 19.1. The molecule has 1 atom stereocenters. The van der Waals surface area contributed by atoms with Crippen LogP contribution in [0.15, 0.2) is 18.2 Å². The summed E-state index contributed by atoms with van der Waals surface area (Å²) in [5, 5.41) is 16.4. The molecule has 1 aromatic carbocycles. The molecule has 0 radical (unpaired) electrons. The van der Waals surface area contributed by atoms with E-state index in [1.165, 1.54) is 12.1 Å². The highest BCUT2D eigenvalue weighted by Crippen LogP contribution is 2.26. The van der Waals surface area contributed by atoms with Crippen molar-refractivity contribution >= 4 is 23.2 Å². The van der Waals surface area contributed by atoms with E-state index in [0.29, 0.717) is 38.5 Å². The Hall–Kier alpha value is -2.68. The van der Waals surface area contributed by atoms with Crippen molar-refractivity contribution in [1.82, 2.24) is 10.6 Å². The molecule has 1 fully saturated rings. The number of amides is 2. The summed E-state index contributed by atoms with van der Waals surface area (Å²) < 4.78 is 5.31. The van der Waals surface area contributed by atoms with Gasteiger partial charge in [0.1, 0.15) is 6.04 Å². The molecule has 0 unspecified atom stereocenters. The molecule has 2 amide bonds. The average molecular weight is 364 g/mol. The minimum absolute atomic E-state index is 0.171. The number of carbonyl (C=O) groups excluding carboxylic acids is 2. The van der Waals surface area contributed by atoms with Crippen molar-refractivity contribution in [2.75, 3.05) is 37.7 Å². The lowest BCUT2D eigenvalue weighted by molar-refractivity contribution is -0.384. The number of non-ortho nitro benzene ring substituents is 1. The Kier molecular flexibility index (Phi) is 6.90. The maximum absolute atomic E-state index is 12.7. The van der Waals surface area contributed by atoms with Crippen LogP contribution in [0.4, 0.5) is 11.4 Å². The third-order valence-corrected chi connectivity index (χ3v) is 4.08. The van der Waals surface area contributed by atoms with Crippen LogP contribution in [0.1, 0.15) is 30.6 Å². The van der Waals surface area contributed by atoms with E-state index in [1.54, 1.807) is 13.0 Å². The standard InChI is InChI=1S/C17H24N4O5/c1-3-6-18-16(22)12(2)19-17(23)14-11-13(21(24)25)4-5-15(14)20-7-9-26-10-8-20/h4-5,11-12H,3,6-10H2,1-2H3,(H,18,22)(H,19,23)/t12-/m0/s1. The molecular formula is C17H24N4O5. The van der Waals surface area contributed by atoms with E-state index >= 15 is 0 Å². The predicted octanol–water partition coefficient (Wildman–Crippen LogP) is 1.08. The van der Waals surface area contributed by atoms with Crippen molar-refractivity contribution in [2.45, 2.75) is 26.3 Å². The summed E-state index contributed by atoms with van der Waals surface area (Å²) in [6, 6.07) is 3.45. The summed E-state index contributed by atoms with van der Waals surface area (Å²) in [6.07, 6.45) is 0.790. The number of nitrogens with zero attached hydrogens (tertiary/aromatic N) is 2. The molecule has 26 heavy (non-hydrogen) atoms. The van der Waals surface area contributed by atoms with E-state index in [2.05, 4.69) is 10.6 Å². The number of nitrogens with one attached hydrogen (secondary N) is 2. The Morgan fingerprint density at radius 1 is 1.35 bits per heavy atom. The quantitative estimate of drug-likeness (QED) is 0.553. The number of carbonyl (C=O) groups is 2. The summed E-state index contributed by atoms with van der Waals surface area (Å²) in [4.78, 5) is 37.2. The second-order valence-corrected chi connectivity index (χ2v) is 6.04. The number of rotatable bonds is 7. The minimum Gasteiger partial charge on any atom is -0.378 e. The topological polar surface area (TPSA) is 114 Å². The lowest BCUT2D eigenvalue weighted by Crippen LogP contribution is -2.45. The zero-order valence-electron chi connectivity index (χ0n) is 15.0. The van der Waals surface area contributed by atoms with Gasteiger partial charge >= 0.3 is 0 Å². The van der Waals surface area contributed by atoms with Crippen molar-refractivity contribution < 1.29 is 19.2 Å². The molecule has 1 aliphatic rings. The lowest BCUT2D eigenvalue weighted by Gasteiger charge is -2.30. The van der Waals surface area contributed by atoms with Gasteiger partial charge in [-0.2, -0.15) is 0 Å². The molecule has 2 rings (SSSR count). The summed E-state index contributed by atoms with van der Waals surface area (Å²) in [6.45, 7) is 6.25. The lowest BCUT2D eigenvalue weighted by atomic mass is 10.1. The first-order valence-electron chi connectivity index (χ1n) is 8.63. The summed E-state index contributed by atoms with van der Waals surface area (Å²) in [7, 11) is 0. The van der Waals surface area contributed by atoms with E-state index in [1.807, 2.05) is 11.8 Å². The number of ether oxygens (including phenoxy) is 1. The van der Waals surface area contributed by atoms with Crippen LogP contribution in [0.5, 0.6) is 0 Å². The number of nitro groups is 1. The maximum Gasteiger partial charge on any atom is 0.270 e. The average Bonchev–Trinajstić information content (AvgIpc) is 2.66. The molecule has 0 spiro atoms. The van der Waals surface area contributed by atoms with Crippen molar-refractivity contribution in [3.8, 4) is 0 Å². The van der Waals surface area contributed by atoms with Gasteiger partial charge in [-0.1, -0.05) is 6.92 Å². The smallest absolute Gasteiger partial charge is 0.270 e. The molecule has 142 valence electrons. The molecule has 1 heterocycles. The van der Waals surface area contributed by atoms with Gasteiger partial charge in [0, 0.05) is 31.8 Å². The number of benzene rings is 1. The summed E-state index contributed by atoms with van der Waals surface area (Å²) in [5.41, 5.74) is 0.601. The van der Waals surface area contributed by atoms with Gasteiger partial charge in [-0.25, -0.2) is 0 Å². The number of nitro benzene ring substituents is 1. The second-order valence-electron chi connectivity index (χ2n) is 6.04. The van der Waals surface area contributed by atoms with Gasteiger partial charge < -0.3 is 20.3 Å². The first-order chi connectivity index (χ1) is 12.4. The largest absolute Gasteiger partial charge is 0.378 e. The molecule has 9 nitrogen and oxygen atoms in total. The summed E-state index contributed by atoms with van der Waals surface area (Å²) >= 11 is 0. The molecule has 2 N–H and O–H groups in total. The van der Waals surface area contributed by atoms with E-state index < -0.39 is 16.9 Å². The maximum atomic E-state index is 12.7.